The molecule has 2 aromatic rings. The van der Waals surface area contributed by atoms with Gasteiger partial charge in [0.15, 0.2) is 5.78 Å². The van der Waals surface area contributed by atoms with Crippen molar-refractivity contribution in [1.29, 1.82) is 0 Å². The summed E-state index contributed by atoms with van der Waals surface area (Å²) in [7, 11) is 0. The lowest BCUT2D eigenvalue weighted by atomic mass is 9.92. The number of likely N-dealkylation sites (tertiary alicyclic amines) is 1. The zero-order valence-corrected chi connectivity index (χ0v) is 19.9. The van der Waals surface area contributed by atoms with Crippen LogP contribution in [0.25, 0.3) is 0 Å². The Labute approximate surface area is 198 Å². The highest BCUT2D eigenvalue weighted by atomic mass is 16.2. The first-order valence-corrected chi connectivity index (χ1v) is 12.4. The lowest BCUT2D eigenvalue weighted by molar-refractivity contribution is -0.133. The van der Waals surface area contributed by atoms with Crippen molar-refractivity contribution in [2.24, 2.45) is 5.92 Å². The largest absolute Gasteiger partial charge is 0.340 e. The summed E-state index contributed by atoms with van der Waals surface area (Å²) in [6, 6.07) is 18.6. The van der Waals surface area contributed by atoms with Gasteiger partial charge in [-0.05, 0) is 55.8 Å². The lowest BCUT2D eigenvalue weighted by Crippen LogP contribution is -2.48. The molecule has 0 saturated carbocycles. The first kappa shape index (κ1) is 23.7. The van der Waals surface area contributed by atoms with E-state index in [9.17, 15) is 9.59 Å². The minimum absolute atomic E-state index is 0.118. The van der Waals surface area contributed by atoms with Gasteiger partial charge in [0.1, 0.15) is 0 Å². The summed E-state index contributed by atoms with van der Waals surface area (Å²) in [5.74, 6) is 1.02. The first-order valence-electron chi connectivity index (χ1n) is 12.4. The molecule has 2 aliphatic heterocycles. The fraction of sp³-hybridized carbons (Fsp3) is 0.500. The van der Waals surface area contributed by atoms with Gasteiger partial charge >= 0.3 is 0 Å². The molecule has 2 aliphatic rings. The van der Waals surface area contributed by atoms with Gasteiger partial charge in [0.25, 0.3) is 0 Å². The van der Waals surface area contributed by atoms with E-state index in [0.29, 0.717) is 18.2 Å². The Morgan fingerprint density at radius 2 is 1.58 bits per heavy atom. The summed E-state index contributed by atoms with van der Waals surface area (Å²) < 4.78 is 0. The molecule has 5 nitrogen and oxygen atoms in total. The monoisotopic (exact) mass is 447 g/mol. The Morgan fingerprint density at radius 3 is 2.33 bits per heavy atom. The maximum absolute atomic E-state index is 12.8. The highest BCUT2D eigenvalue weighted by Gasteiger charge is 2.24. The maximum Gasteiger partial charge on any atom is 0.222 e. The van der Waals surface area contributed by atoms with E-state index in [-0.39, 0.29) is 5.78 Å². The number of ketones is 1. The zero-order valence-electron chi connectivity index (χ0n) is 19.9. The van der Waals surface area contributed by atoms with Gasteiger partial charge in [-0.2, -0.15) is 0 Å². The highest BCUT2D eigenvalue weighted by Crippen LogP contribution is 2.23. The molecule has 5 heteroatoms. The summed E-state index contributed by atoms with van der Waals surface area (Å²) in [5.41, 5.74) is 3.33. The first-order chi connectivity index (χ1) is 16.1. The summed E-state index contributed by atoms with van der Waals surface area (Å²) in [6.07, 6.45) is 4.04. The summed E-state index contributed by atoms with van der Waals surface area (Å²) in [4.78, 5) is 31.5. The molecule has 2 heterocycles. The average Bonchev–Trinajstić information content (AvgIpc) is 2.84. The molecule has 2 saturated heterocycles. The molecule has 0 radical (unpaired) electrons. The van der Waals surface area contributed by atoms with Crippen LogP contribution in [-0.2, 0) is 17.9 Å². The molecule has 2 fully saturated rings. The standard InChI is InChI=1S/C28H37N3O2/c1-23(32)27-11-5-9-26(19-27)22-30-14-6-10-25(21-30)12-13-28(33)31-17-15-29(16-18-31)20-24-7-3-2-4-8-24/h2-5,7-9,11,19,25H,6,10,12-18,20-22H2,1H3/t25-/m0/s1. The van der Waals surface area contributed by atoms with Gasteiger partial charge in [-0.1, -0.05) is 48.5 Å². The van der Waals surface area contributed by atoms with Crippen molar-refractivity contribution in [1.82, 2.24) is 14.7 Å². The molecule has 0 bridgehead atoms. The number of rotatable bonds is 8. The highest BCUT2D eigenvalue weighted by molar-refractivity contribution is 5.94. The third-order valence-electron chi connectivity index (χ3n) is 7.08. The van der Waals surface area contributed by atoms with Crippen molar-refractivity contribution in [2.45, 2.75) is 45.7 Å². The predicted molar refractivity (Wildman–Crippen MR) is 132 cm³/mol. The van der Waals surface area contributed by atoms with Crippen molar-refractivity contribution < 1.29 is 9.59 Å². The van der Waals surface area contributed by atoms with Crippen LogP contribution >= 0.6 is 0 Å². The Bertz CT molecular complexity index is 922. The minimum Gasteiger partial charge on any atom is -0.340 e. The molecule has 0 spiro atoms. The van der Waals surface area contributed by atoms with E-state index in [4.69, 9.17) is 0 Å². The number of carbonyl (C=O) groups excluding carboxylic acids is 2. The second-order valence-corrected chi connectivity index (χ2v) is 9.68. The SMILES string of the molecule is CC(=O)c1cccc(CN2CCC[C@@H](CCC(=O)N3CCN(Cc4ccccc4)CC3)C2)c1. The van der Waals surface area contributed by atoms with Crippen molar-refractivity contribution in [3.8, 4) is 0 Å². The van der Waals surface area contributed by atoms with Gasteiger partial charge < -0.3 is 4.90 Å². The molecule has 33 heavy (non-hydrogen) atoms. The van der Waals surface area contributed by atoms with Crippen LogP contribution in [0, 0.1) is 5.92 Å². The van der Waals surface area contributed by atoms with E-state index in [1.807, 2.05) is 18.2 Å². The smallest absolute Gasteiger partial charge is 0.222 e. The Morgan fingerprint density at radius 1 is 0.848 bits per heavy atom. The minimum atomic E-state index is 0.118. The van der Waals surface area contributed by atoms with Gasteiger partial charge in [0.05, 0.1) is 0 Å². The van der Waals surface area contributed by atoms with E-state index < -0.39 is 0 Å². The second kappa shape index (κ2) is 11.6. The van der Waals surface area contributed by atoms with Crippen LogP contribution in [-0.4, -0.2) is 65.7 Å². The molecule has 0 unspecified atom stereocenters. The van der Waals surface area contributed by atoms with E-state index in [0.717, 1.165) is 64.3 Å². The lowest BCUT2D eigenvalue weighted by Gasteiger charge is -2.36. The number of amides is 1. The van der Waals surface area contributed by atoms with E-state index >= 15 is 0 Å². The molecule has 0 N–H and O–H groups in total. The summed E-state index contributed by atoms with van der Waals surface area (Å²) in [6.45, 7) is 9.21. The van der Waals surface area contributed by atoms with E-state index in [1.54, 1.807) is 6.92 Å². The van der Waals surface area contributed by atoms with Crippen LogP contribution < -0.4 is 0 Å². The third kappa shape index (κ3) is 6.99. The zero-order chi connectivity index (χ0) is 23.0. The molecule has 0 aliphatic carbocycles. The topological polar surface area (TPSA) is 43.9 Å². The molecule has 2 aromatic carbocycles. The van der Waals surface area contributed by atoms with Gasteiger partial charge in [-0.3, -0.25) is 19.4 Å². The number of hydrogen-bond donors (Lipinski definition) is 0. The maximum atomic E-state index is 12.8. The van der Waals surface area contributed by atoms with Crippen LogP contribution in [0.5, 0.6) is 0 Å². The summed E-state index contributed by atoms with van der Waals surface area (Å²) >= 11 is 0. The molecular weight excluding hydrogens is 410 g/mol. The molecule has 1 amide bonds. The number of carbonyl (C=O) groups is 2. The molecule has 176 valence electrons. The Hall–Kier alpha value is -2.50. The molecule has 1 atom stereocenters. The number of piperazine rings is 1. The van der Waals surface area contributed by atoms with Gasteiger partial charge in [-0.25, -0.2) is 0 Å². The van der Waals surface area contributed by atoms with Crippen molar-refractivity contribution in [3.63, 3.8) is 0 Å². The van der Waals surface area contributed by atoms with Crippen LogP contribution in [0.2, 0.25) is 0 Å². The number of hydrogen-bond acceptors (Lipinski definition) is 4. The number of Topliss-reactive ketones (excluding diaryl/α,β-unsaturated/α-hetero) is 1. The number of piperidine rings is 1. The number of benzene rings is 2. The van der Waals surface area contributed by atoms with E-state index in [1.165, 1.54) is 24.0 Å². The van der Waals surface area contributed by atoms with Crippen molar-refractivity contribution in [3.05, 3.63) is 71.3 Å². The molecule has 4 rings (SSSR count). The Kier molecular flexibility index (Phi) is 8.30. The second-order valence-electron chi connectivity index (χ2n) is 9.68. The molecular formula is C28H37N3O2. The third-order valence-corrected chi connectivity index (χ3v) is 7.08. The van der Waals surface area contributed by atoms with Crippen LogP contribution in [0.4, 0.5) is 0 Å². The number of nitrogens with zero attached hydrogens (tertiary/aromatic N) is 3. The molecule has 0 aromatic heterocycles. The van der Waals surface area contributed by atoms with Crippen LogP contribution in [0.1, 0.15) is 54.1 Å². The fourth-order valence-corrected chi connectivity index (χ4v) is 5.16. The quantitative estimate of drug-likeness (QED) is 0.568. The predicted octanol–water partition coefficient (Wildman–Crippen LogP) is 4.23. The van der Waals surface area contributed by atoms with Crippen LogP contribution in [0.3, 0.4) is 0 Å². The van der Waals surface area contributed by atoms with Gasteiger partial charge in [0.2, 0.25) is 5.91 Å². The Balaban J connectivity index is 1.19. The summed E-state index contributed by atoms with van der Waals surface area (Å²) in [5, 5.41) is 0. The van der Waals surface area contributed by atoms with Crippen molar-refractivity contribution >= 4 is 11.7 Å². The average molecular weight is 448 g/mol. The van der Waals surface area contributed by atoms with Gasteiger partial charge in [0, 0.05) is 57.8 Å². The fourth-order valence-electron chi connectivity index (χ4n) is 5.16. The van der Waals surface area contributed by atoms with Crippen LogP contribution in [0.15, 0.2) is 54.6 Å². The van der Waals surface area contributed by atoms with Gasteiger partial charge in [-0.15, -0.1) is 0 Å². The van der Waals surface area contributed by atoms with E-state index in [2.05, 4.69) is 51.1 Å². The van der Waals surface area contributed by atoms with Crippen molar-refractivity contribution in [2.75, 3.05) is 39.3 Å². The normalized spacial score (nSPS) is 20.0.